The van der Waals surface area contributed by atoms with Crippen molar-refractivity contribution in [3.8, 4) is 6.07 Å². The number of nitriles is 1. The minimum absolute atomic E-state index is 0.0119. The van der Waals surface area contributed by atoms with Crippen molar-refractivity contribution in [2.24, 2.45) is 0 Å². The van der Waals surface area contributed by atoms with E-state index in [0.29, 0.717) is 6.42 Å². The minimum atomic E-state index is -3.66. The van der Waals surface area contributed by atoms with E-state index in [1.165, 1.54) is 23.5 Å². The molecular formula is C13H13N3O2S2. The summed E-state index contributed by atoms with van der Waals surface area (Å²) >= 11 is 1.51. The van der Waals surface area contributed by atoms with E-state index >= 15 is 0 Å². The quantitative estimate of drug-likeness (QED) is 0.913. The van der Waals surface area contributed by atoms with E-state index in [9.17, 15) is 8.42 Å². The van der Waals surface area contributed by atoms with Gasteiger partial charge in [-0.2, -0.15) is 5.26 Å². The van der Waals surface area contributed by atoms with Crippen LogP contribution >= 0.6 is 11.3 Å². The molecule has 0 saturated carbocycles. The number of nitrogens with zero attached hydrogens (tertiary/aromatic N) is 2. The minimum Gasteiger partial charge on any atom is -0.247 e. The van der Waals surface area contributed by atoms with Crippen molar-refractivity contribution >= 4 is 21.4 Å². The summed E-state index contributed by atoms with van der Waals surface area (Å²) < 4.78 is 26.8. The second-order valence-corrected chi connectivity index (χ2v) is 6.82. The molecule has 1 N–H and O–H groups in total. The predicted molar refractivity (Wildman–Crippen MR) is 76.9 cm³/mol. The van der Waals surface area contributed by atoms with Crippen molar-refractivity contribution in [2.45, 2.75) is 18.2 Å². The van der Waals surface area contributed by atoms with Gasteiger partial charge in [0.05, 0.1) is 15.5 Å². The van der Waals surface area contributed by atoms with Crippen LogP contribution in [0.5, 0.6) is 0 Å². The van der Waals surface area contributed by atoms with Crippen molar-refractivity contribution in [1.29, 1.82) is 5.26 Å². The summed E-state index contributed by atoms with van der Waals surface area (Å²) in [6, 6.07) is 8.03. The van der Waals surface area contributed by atoms with Crippen LogP contribution in [0.2, 0.25) is 0 Å². The van der Waals surface area contributed by atoms with E-state index in [2.05, 4.69) is 9.71 Å². The summed E-state index contributed by atoms with van der Waals surface area (Å²) in [5.74, 6) is 0. The lowest BCUT2D eigenvalue weighted by atomic mass is 10.2. The third kappa shape index (κ3) is 3.42. The van der Waals surface area contributed by atoms with Gasteiger partial charge in [-0.05, 0) is 19.1 Å². The van der Waals surface area contributed by atoms with Gasteiger partial charge in [0.15, 0.2) is 0 Å². The van der Waals surface area contributed by atoms with Crippen LogP contribution in [0.1, 0.15) is 16.3 Å². The van der Waals surface area contributed by atoms with Crippen LogP contribution in [-0.2, 0) is 16.4 Å². The maximum absolute atomic E-state index is 12.1. The zero-order valence-electron chi connectivity index (χ0n) is 10.8. The Kier molecular flexibility index (Phi) is 4.49. The summed E-state index contributed by atoms with van der Waals surface area (Å²) in [6.45, 7) is 2.16. The van der Waals surface area contributed by atoms with Gasteiger partial charge < -0.3 is 0 Å². The Labute approximate surface area is 122 Å². The zero-order valence-corrected chi connectivity index (χ0v) is 12.5. The topological polar surface area (TPSA) is 82.9 Å². The Morgan fingerprint density at radius 2 is 2.15 bits per heavy atom. The molecule has 1 aromatic carbocycles. The highest BCUT2D eigenvalue weighted by Gasteiger charge is 2.17. The first-order valence-corrected chi connectivity index (χ1v) is 8.29. The Morgan fingerprint density at radius 1 is 1.40 bits per heavy atom. The summed E-state index contributed by atoms with van der Waals surface area (Å²) in [5, 5.41) is 11.8. The molecule has 0 aliphatic carbocycles. The number of nitrogens with one attached hydrogen (secondary N) is 1. The molecule has 1 heterocycles. The molecule has 2 aromatic rings. The van der Waals surface area contributed by atoms with Crippen molar-refractivity contribution in [2.75, 3.05) is 6.54 Å². The van der Waals surface area contributed by atoms with Crippen LogP contribution < -0.4 is 4.72 Å². The lowest BCUT2D eigenvalue weighted by Gasteiger charge is -2.07. The normalized spacial score (nSPS) is 11.2. The molecule has 0 aliphatic heterocycles. The SMILES string of the molecule is Cc1csc(CCNS(=O)(=O)c2ccccc2C#N)n1. The summed E-state index contributed by atoms with van der Waals surface area (Å²) in [6.07, 6.45) is 0.534. The average Bonchev–Trinajstić information content (AvgIpc) is 2.84. The van der Waals surface area contributed by atoms with E-state index in [-0.39, 0.29) is 17.0 Å². The van der Waals surface area contributed by atoms with E-state index in [1.54, 1.807) is 12.1 Å². The molecule has 7 heteroatoms. The van der Waals surface area contributed by atoms with Crippen LogP contribution in [-0.4, -0.2) is 19.9 Å². The lowest BCUT2D eigenvalue weighted by molar-refractivity contribution is 0.581. The highest BCUT2D eigenvalue weighted by atomic mass is 32.2. The molecule has 0 saturated heterocycles. The van der Waals surface area contributed by atoms with Gasteiger partial charge in [0.1, 0.15) is 6.07 Å². The Hall–Kier alpha value is -1.75. The summed E-state index contributed by atoms with van der Waals surface area (Å²) in [7, 11) is -3.66. The Bertz CT molecular complexity index is 745. The van der Waals surface area contributed by atoms with E-state index in [1.807, 2.05) is 18.4 Å². The molecular weight excluding hydrogens is 294 g/mol. The van der Waals surface area contributed by atoms with Crippen LogP contribution in [0.25, 0.3) is 0 Å². The van der Waals surface area contributed by atoms with E-state index in [4.69, 9.17) is 5.26 Å². The number of benzene rings is 1. The number of aromatic nitrogens is 1. The smallest absolute Gasteiger partial charge is 0.241 e. The third-order valence-electron chi connectivity index (χ3n) is 2.59. The second-order valence-electron chi connectivity index (χ2n) is 4.14. The van der Waals surface area contributed by atoms with Gasteiger partial charge in [-0.25, -0.2) is 18.1 Å². The molecule has 0 radical (unpaired) electrons. The fraction of sp³-hybridized carbons (Fsp3) is 0.231. The molecule has 0 fully saturated rings. The van der Waals surface area contributed by atoms with Crippen molar-refractivity contribution in [3.05, 3.63) is 45.9 Å². The first-order valence-electron chi connectivity index (χ1n) is 5.93. The maximum atomic E-state index is 12.1. The lowest BCUT2D eigenvalue weighted by Crippen LogP contribution is -2.26. The number of aryl methyl sites for hydroxylation is 1. The molecule has 0 unspecified atom stereocenters. The van der Waals surface area contributed by atoms with Crippen LogP contribution in [0.15, 0.2) is 34.5 Å². The van der Waals surface area contributed by atoms with Gasteiger partial charge in [-0.1, -0.05) is 12.1 Å². The first kappa shape index (κ1) is 14.7. The second kappa shape index (κ2) is 6.13. The highest BCUT2D eigenvalue weighted by Crippen LogP contribution is 2.14. The summed E-state index contributed by atoms with van der Waals surface area (Å²) in [4.78, 5) is 4.28. The molecule has 2 rings (SSSR count). The standard InChI is InChI=1S/C13H13N3O2S2/c1-10-9-19-13(16-10)6-7-15-20(17,18)12-5-3-2-4-11(12)8-14/h2-5,9,15H,6-7H2,1H3. The fourth-order valence-corrected chi connectivity index (χ4v) is 3.64. The highest BCUT2D eigenvalue weighted by molar-refractivity contribution is 7.89. The monoisotopic (exact) mass is 307 g/mol. The molecule has 20 heavy (non-hydrogen) atoms. The van der Waals surface area contributed by atoms with E-state index < -0.39 is 10.0 Å². The van der Waals surface area contributed by atoms with Gasteiger partial charge in [0, 0.05) is 24.0 Å². The number of rotatable bonds is 5. The zero-order chi connectivity index (χ0) is 14.6. The number of sulfonamides is 1. The number of hydrogen-bond donors (Lipinski definition) is 1. The van der Waals surface area contributed by atoms with Gasteiger partial charge in [0.2, 0.25) is 10.0 Å². The molecule has 104 valence electrons. The van der Waals surface area contributed by atoms with Crippen LogP contribution in [0.3, 0.4) is 0 Å². The van der Waals surface area contributed by atoms with Crippen molar-refractivity contribution < 1.29 is 8.42 Å². The predicted octanol–water partition coefficient (Wildman–Crippen LogP) is 1.84. The molecule has 0 aliphatic rings. The molecule has 0 atom stereocenters. The van der Waals surface area contributed by atoms with Gasteiger partial charge in [-0.15, -0.1) is 11.3 Å². The van der Waals surface area contributed by atoms with Crippen molar-refractivity contribution in [1.82, 2.24) is 9.71 Å². The van der Waals surface area contributed by atoms with Crippen LogP contribution in [0, 0.1) is 18.3 Å². The average molecular weight is 307 g/mol. The Morgan fingerprint density at radius 3 is 2.80 bits per heavy atom. The first-order chi connectivity index (χ1) is 9.53. The molecule has 0 spiro atoms. The Balaban J connectivity index is 2.06. The third-order valence-corrected chi connectivity index (χ3v) is 5.14. The molecule has 5 nitrogen and oxygen atoms in total. The van der Waals surface area contributed by atoms with Gasteiger partial charge in [-0.3, -0.25) is 0 Å². The largest absolute Gasteiger partial charge is 0.247 e. The van der Waals surface area contributed by atoms with Crippen molar-refractivity contribution in [3.63, 3.8) is 0 Å². The van der Waals surface area contributed by atoms with Gasteiger partial charge >= 0.3 is 0 Å². The number of hydrogen-bond acceptors (Lipinski definition) is 5. The van der Waals surface area contributed by atoms with E-state index in [0.717, 1.165) is 10.7 Å². The molecule has 0 amide bonds. The molecule has 0 bridgehead atoms. The maximum Gasteiger partial charge on any atom is 0.241 e. The van der Waals surface area contributed by atoms with Crippen LogP contribution in [0.4, 0.5) is 0 Å². The van der Waals surface area contributed by atoms with Gasteiger partial charge in [0.25, 0.3) is 0 Å². The summed E-state index contributed by atoms with van der Waals surface area (Å²) in [5.41, 5.74) is 1.08. The molecule has 1 aromatic heterocycles. The fourth-order valence-electron chi connectivity index (χ4n) is 1.68. The number of thiazole rings is 1.